The molecule has 1 rings (SSSR count). The minimum Gasteiger partial charge on any atom is -0.390 e. The van der Waals surface area contributed by atoms with Gasteiger partial charge in [-0.25, -0.2) is 0 Å². The van der Waals surface area contributed by atoms with Crippen LogP contribution in [0.4, 0.5) is 0 Å². The molecule has 1 heteroatoms. The van der Waals surface area contributed by atoms with E-state index in [2.05, 4.69) is 27.7 Å². The first-order valence-corrected chi connectivity index (χ1v) is 6.25. The van der Waals surface area contributed by atoms with Crippen LogP contribution in [0.5, 0.6) is 0 Å². The Labute approximate surface area is 88.9 Å². The predicted molar refractivity (Wildman–Crippen MR) is 61.2 cm³/mol. The second-order valence-corrected chi connectivity index (χ2v) is 5.28. The summed E-state index contributed by atoms with van der Waals surface area (Å²) in [5.74, 6) is 2.19. The normalized spacial score (nSPS) is 34.5. The van der Waals surface area contributed by atoms with Gasteiger partial charge in [0.2, 0.25) is 0 Å². The molecular weight excluding hydrogens is 172 g/mol. The van der Waals surface area contributed by atoms with Gasteiger partial charge in [0.15, 0.2) is 0 Å². The average Bonchev–Trinajstić information content (AvgIpc) is 2.21. The van der Waals surface area contributed by atoms with Crippen LogP contribution in [0.1, 0.15) is 59.8 Å². The summed E-state index contributed by atoms with van der Waals surface area (Å²) < 4.78 is 0. The third-order valence-electron chi connectivity index (χ3n) is 4.58. The van der Waals surface area contributed by atoms with Gasteiger partial charge in [-0.15, -0.1) is 0 Å². The van der Waals surface area contributed by atoms with E-state index in [1.165, 1.54) is 19.3 Å². The van der Waals surface area contributed by atoms with Crippen LogP contribution in [0.2, 0.25) is 0 Å². The molecule has 0 aromatic carbocycles. The maximum atomic E-state index is 10.5. The second-order valence-electron chi connectivity index (χ2n) is 5.28. The van der Waals surface area contributed by atoms with Gasteiger partial charge in [-0.2, -0.15) is 0 Å². The molecule has 1 saturated carbocycles. The van der Waals surface area contributed by atoms with Crippen molar-refractivity contribution in [2.24, 2.45) is 17.8 Å². The highest BCUT2D eigenvalue weighted by Gasteiger charge is 2.37. The van der Waals surface area contributed by atoms with Gasteiger partial charge in [0.25, 0.3) is 0 Å². The molecule has 0 bridgehead atoms. The van der Waals surface area contributed by atoms with Gasteiger partial charge in [0, 0.05) is 0 Å². The first-order chi connectivity index (χ1) is 6.53. The summed E-state index contributed by atoms with van der Waals surface area (Å²) in [5.41, 5.74) is -0.381. The molecule has 1 N–H and O–H groups in total. The molecule has 0 aromatic heterocycles. The van der Waals surface area contributed by atoms with Crippen molar-refractivity contribution in [1.29, 1.82) is 0 Å². The SMILES string of the molecule is CCC(O)(CC)C1CCC(C)C(C)C1. The molecule has 0 radical (unpaired) electrons. The summed E-state index contributed by atoms with van der Waals surface area (Å²) in [4.78, 5) is 0. The van der Waals surface area contributed by atoms with Crippen molar-refractivity contribution < 1.29 is 5.11 Å². The average molecular weight is 198 g/mol. The van der Waals surface area contributed by atoms with Gasteiger partial charge < -0.3 is 5.11 Å². The van der Waals surface area contributed by atoms with Gasteiger partial charge in [-0.05, 0) is 43.4 Å². The van der Waals surface area contributed by atoms with Crippen LogP contribution in [-0.2, 0) is 0 Å². The lowest BCUT2D eigenvalue weighted by Crippen LogP contribution is -2.40. The smallest absolute Gasteiger partial charge is 0.0670 e. The molecule has 0 amide bonds. The van der Waals surface area contributed by atoms with Gasteiger partial charge >= 0.3 is 0 Å². The van der Waals surface area contributed by atoms with E-state index in [9.17, 15) is 5.11 Å². The van der Waals surface area contributed by atoms with Crippen molar-refractivity contribution >= 4 is 0 Å². The van der Waals surface area contributed by atoms with Gasteiger partial charge in [-0.1, -0.05) is 34.1 Å². The molecular formula is C13H26O. The summed E-state index contributed by atoms with van der Waals surface area (Å²) in [5, 5.41) is 10.5. The number of hydrogen-bond donors (Lipinski definition) is 1. The summed E-state index contributed by atoms with van der Waals surface area (Å²) in [6.45, 7) is 8.92. The quantitative estimate of drug-likeness (QED) is 0.734. The molecule has 14 heavy (non-hydrogen) atoms. The first-order valence-electron chi connectivity index (χ1n) is 6.25. The molecule has 3 atom stereocenters. The predicted octanol–water partition coefficient (Wildman–Crippen LogP) is 3.61. The van der Waals surface area contributed by atoms with Crippen LogP contribution in [0.25, 0.3) is 0 Å². The fourth-order valence-electron chi connectivity index (χ4n) is 2.86. The lowest BCUT2D eigenvalue weighted by molar-refractivity contribution is -0.0528. The molecule has 84 valence electrons. The van der Waals surface area contributed by atoms with Crippen molar-refractivity contribution in [3.05, 3.63) is 0 Å². The summed E-state index contributed by atoms with van der Waals surface area (Å²) >= 11 is 0. The lowest BCUT2D eigenvalue weighted by atomic mass is 9.68. The fraction of sp³-hybridized carbons (Fsp3) is 1.00. The van der Waals surface area contributed by atoms with Crippen molar-refractivity contribution in [2.75, 3.05) is 0 Å². The van der Waals surface area contributed by atoms with E-state index >= 15 is 0 Å². The molecule has 0 heterocycles. The highest BCUT2D eigenvalue weighted by molar-refractivity contribution is 4.89. The minimum atomic E-state index is -0.381. The van der Waals surface area contributed by atoms with Crippen LogP contribution in [-0.4, -0.2) is 10.7 Å². The number of rotatable bonds is 3. The zero-order valence-corrected chi connectivity index (χ0v) is 10.2. The van der Waals surface area contributed by atoms with E-state index in [0.29, 0.717) is 5.92 Å². The van der Waals surface area contributed by atoms with Crippen LogP contribution in [0, 0.1) is 17.8 Å². The maximum absolute atomic E-state index is 10.5. The summed E-state index contributed by atoms with van der Waals surface area (Å²) in [7, 11) is 0. The van der Waals surface area contributed by atoms with E-state index in [0.717, 1.165) is 24.7 Å². The van der Waals surface area contributed by atoms with Crippen LogP contribution < -0.4 is 0 Å². The van der Waals surface area contributed by atoms with E-state index in [1.807, 2.05) is 0 Å². The number of aliphatic hydroxyl groups is 1. The molecule has 1 fully saturated rings. The minimum absolute atomic E-state index is 0.381. The third kappa shape index (κ3) is 2.31. The van der Waals surface area contributed by atoms with Gasteiger partial charge in [-0.3, -0.25) is 0 Å². The van der Waals surface area contributed by atoms with Crippen molar-refractivity contribution in [2.45, 2.75) is 65.4 Å². The van der Waals surface area contributed by atoms with Crippen molar-refractivity contribution in [3.8, 4) is 0 Å². The van der Waals surface area contributed by atoms with E-state index < -0.39 is 0 Å². The van der Waals surface area contributed by atoms with Gasteiger partial charge in [0.05, 0.1) is 5.60 Å². The van der Waals surface area contributed by atoms with Crippen molar-refractivity contribution in [3.63, 3.8) is 0 Å². The van der Waals surface area contributed by atoms with E-state index in [4.69, 9.17) is 0 Å². The van der Waals surface area contributed by atoms with E-state index in [1.54, 1.807) is 0 Å². The molecule has 0 spiro atoms. The Balaban J connectivity index is 2.61. The monoisotopic (exact) mass is 198 g/mol. The molecule has 3 unspecified atom stereocenters. The van der Waals surface area contributed by atoms with Crippen LogP contribution in [0.3, 0.4) is 0 Å². The largest absolute Gasteiger partial charge is 0.390 e. The molecule has 0 saturated heterocycles. The summed E-state index contributed by atoms with van der Waals surface area (Å²) in [6.07, 6.45) is 5.57. The molecule has 1 aliphatic carbocycles. The molecule has 0 aliphatic heterocycles. The van der Waals surface area contributed by atoms with Crippen LogP contribution >= 0.6 is 0 Å². The van der Waals surface area contributed by atoms with Crippen molar-refractivity contribution in [1.82, 2.24) is 0 Å². The summed E-state index contributed by atoms with van der Waals surface area (Å²) in [6, 6.07) is 0. The van der Waals surface area contributed by atoms with Crippen LogP contribution in [0.15, 0.2) is 0 Å². The Kier molecular flexibility index (Phi) is 4.00. The molecule has 0 aromatic rings. The Bertz CT molecular complexity index is 172. The third-order valence-corrected chi connectivity index (χ3v) is 4.58. The maximum Gasteiger partial charge on any atom is 0.0670 e. The second kappa shape index (κ2) is 4.65. The fourth-order valence-corrected chi connectivity index (χ4v) is 2.86. The zero-order chi connectivity index (χ0) is 10.8. The highest BCUT2D eigenvalue weighted by atomic mass is 16.3. The Morgan fingerprint density at radius 1 is 1.07 bits per heavy atom. The zero-order valence-electron chi connectivity index (χ0n) is 10.2. The Morgan fingerprint density at radius 3 is 2.07 bits per heavy atom. The highest BCUT2D eigenvalue weighted by Crippen LogP contribution is 2.41. The first kappa shape index (κ1) is 12.0. The molecule has 1 aliphatic rings. The van der Waals surface area contributed by atoms with E-state index in [-0.39, 0.29) is 5.60 Å². The number of hydrogen-bond acceptors (Lipinski definition) is 1. The lowest BCUT2D eigenvalue weighted by Gasteiger charge is -2.41. The standard InChI is InChI=1S/C13H26O/c1-5-13(14,6-2)12-8-7-10(3)11(4)9-12/h10-12,14H,5-9H2,1-4H3. The topological polar surface area (TPSA) is 20.2 Å². The Hall–Kier alpha value is -0.0400. The molecule has 1 nitrogen and oxygen atoms in total. The van der Waals surface area contributed by atoms with Gasteiger partial charge in [0.1, 0.15) is 0 Å². The Morgan fingerprint density at radius 2 is 1.64 bits per heavy atom.